The van der Waals surface area contributed by atoms with E-state index in [1.54, 1.807) is 41.5 Å². The maximum absolute atomic E-state index is 14.2. The molecule has 1 aliphatic heterocycles. The van der Waals surface area contributed by atoms with Gasteiger partial charge in [0.15, 0.2) is 5.82 Å². The van der Waals surface area contributed by atoms with Crippen LogP contribution in [0.4, 0.5) is 4.39 Å². The average Bonchev–Trinajstić information content (AvgIpc) is 3.35. The van der Waals surface area contributed by atoms with E-state index in [2.05, 4.69) is 20.5 Å². The molecule has 2 fully saturated rings. The third-order valence-corrected chi connectivity index (χ3v) is 5.46. The van der Waals surface area contributed by atoms with Crippen LogP contribution >= 0.6 is 0 Å². The Kier molecular flexibility index (Phi) is 4.12. The largest absolute Gasteiger partial charge is 0.378 e. The number of imidazole rings is 1. The van der Waals surface area contributed by atoms with Crippen molar-refractivity contribution in [3.05, 3.63) is 60.4 Å². The molecule has 5 rings (SSSR count). The number of amides is 1. The first-order valence-electron chi connectivity index (χ1n) is 9.23. The Morgan fingerprint density at radius 1 is 1.25 bits per heavy atom. The number of carbonyl (C=O) groups excluding carboxylic acids is 1. The highest BCUT2D eigenvalue weighted by Crippen LogP contribution is 2.38. The minimum absolute atomic E-state index is 0.0981. The quantitative estimate of drug-likeness (QED) is 0.753. The van der Waals surface area contributed by atoms with Crippen molar-refractivity contribution in [2.75, 3.05) is 6.61 Å². The number of nitrogens with one attached hydrogen (secondary N) is 1. The Bertz CT molecular complexity index is 1010. The Morgan fingerprint density at radius 3 is 2.93 bits per heavy atom. The summed E-state index contributed by atoms with van der Waals surface area (Å²) in [4.78, 5) is 16.6. The molecule has 0 unspecified atom stereocenters. The van der Waals surface area contributed by atoms with Crippen molar-refractivity contribution in [1.29, 1.82) is 0 Å². The summed E-state index contributed by atoms with van der Waals surface area (Å²) in [6, 6.07) is 7.84. The van der Waals surface area contributed by atoms with E-state index < -0.39 is 5.82 Å². The standard InChI is InChI=1S/C20H18FN5O2/c21-14-8-12(16-1-2-19(25-24-16)26-5-4-22-11-26)7-13(9-14)20(27)23-17-10-18-15(17)3-6-28-18/h1-2,4-5,7-9,11,15,17-18H,3,6,10H2,(H,23,27)/t15-,17+,18+/m0/s1. The molecule has 142 valence electrons. The van der Waals surface area contributed by atoms with Crippen LogP contribution in [0.1, 0.15) is 23.2 Å². The lowest BCUT2D eigenvalue weighted by atomic mass is 9.76. The van der Waals surface area contributed by atoms with E-state index >= 15 is 0 Å². The van der Waals surface area contributed by atoms with E-state index in [4.69, 9.17) is 4.74 Å². The molecular weight excluding hydrogens is 361 g/mol. The molecule has 1 saturated heterocycles. The number of hydrogen-bond acceptors (Lipinski definition) is 5. The van der Waals surface area contributed by atoms with E-state index in [1.165, 1.54) is 12.1 Å². The second kappa shape index (κ2) is 6.79. The molecule has 1 saturated carbocycles. The summed E-state index contributed by atoms with van der Waals surface area (Å²) < 4.78 is 21.5. The molecule has 2 aromatic heterocycles. The first-order chi connectivity index (χ1) is 13.7. The number of ether oxygens (including phenoxy) is 1. The summed E-state index contributed by atoms with van der Waals surface area (Å²) in [6.45, 7) is 0.750. The van der Waals surface area contributed by atoms with Crippen LogP contribution in [0.15, 0.2) is 49.1 Å². The Morgan fingerprint density at radius 2 is 2.18 bits per heavy atom. The van der Waals surface area contributed by atoms with Gasteiger partial charge in [-0.25, -0.2) is 9.37 Å². The van der Waals surface area contributed by atoms with Gasteiger partial charge in [0, 0.05) is 42.1 Å². The van der Waals surface area contributed by atoms with Gasteiger partial charge in [0.25, 0.3) is 5.91 Å². The zero-order chi connectivity index (χ0) is 19.1. The summed E-state index contributed by atoms with van der Waals surface area (Å²) in [6.07, 6.45) is 7.07. The molecule has 28 heavy (non-hydrogen) atoms. The maximum atomic E-state index is 14.2. The van der Waals surface area contributed by atoms with Crippen LogP contribution in [0.25, 0.3) is 17.1 Å². The van der Waals surface area contributed by atoms with Crippen LogP contribution in [0.5, 0.6) is 0 Å². The minimum atomic E-state index is -0.487. The van der Waals surface area contributed by atoms with Crippen molar-refractivity contribution in [2.45, 2.75) is 25.0 Å². The highest BCUT2D eigenvalue weighted by molar-refractivity contribution is 5.95. The fraction of sp³-hybridized carbons (Fsp3) is 0.300. The van der Waals surface area contributed by atoms with E-state index in [-0.39, 0.29) is 23.6 Å². The summed E-state index contributed by atoms with van der Waals surface area (Å²) in [7, 11) is 0. The Balaban J connectivity index is 1.36. The van der Waals surface area contributed by atoms with Gasteiger partial charge in [-0.2, -0.15) is 0 Å². The summed E-state index contributed by atoms with van der Waals surface area (Å²) >= 11 is 0. The van der Waals surface area contributed by atoms with E-state index in [0.29, 0.717) is 23.0 Å². The second-order valence-electron chi connectivity index (χ2n) is 7.15. The molecule has 0 spiro atoms. The summed E-state index contributed by atoms with van der Waals surface area (Å²) in [5.41, 5.74) is 1.27. The van der Waals surface area contributed by atoms with Crippen molar-refractivity contribution >= 4 is 5.91 Å². The van der Waals surface area contributed by atoms with Gasteiger partial charge < -0.3 is 10.1 Å². The minimum Gasteiger partial charge on any atom is -0.378 e. The molecule has 1 amide bonds. The van der Waals surface area contributed by atoms with Crippen molar-refractivity contribution < 1.29 is 13.9 Å². The Hall–Kier alpha value is -3.13. The van der Waals surface area contributed by atoms with Crippen molar-refractivity contribution in [2.24, 2.45) is 5.92 Å². The van der Waals surface area contributed by atoms with E-state index in [1.807, 2.05) is 0 Å². The number of fused-ring (bicyclic) bond motifs is 1. The first-order valence-corrected chi connectivity index (χ1v) is 9.23. The molecule has 2 aliphatic rings. The smallest absolute Gasteiger partial charge is 0.251 e. The normalized spacial score (nSPS) is 23.1. The van der Waals surface area contributed by atoms with Gasteiger partial charge >= 0.3 is 0 Å². The van der Waals surface area contributed by atoms with Crippen LogP contribution in [-0.4, -0.2) is 44.4 Å². The zero-order valence-electron chi connectivity index (χ0n) is 15.0. The molecule has 0 radical (unpaired) electrons. The zero-order valence-corrected chi connectivity index (χ0v) is 15.0. The van der Waals surface area contributed by atoms with Crippen LogP contribution in [0.2, 0.25) is 0 Å². The second-order valence-corrected chi connectivity index (χ2v) is 7.15. The van der Waals surface area contributed by atoms with Crippen LogP contribution in [0, 0.1) is 11.7 Å². The number of carbonyl (C=O) groups is 1. The molecule has 3 heterocycles. The molecular formula is C20H18FN5O2. The third kappa shape index (κ3) is 3.05. The predicted molar refractivity (Wildman–Crippen MR) is 98.3 cm³/mol. The molecule has 3 aromatic rings. The van der Waals surface area contributed by atoms with Gasteiger partial charge in [0.1, 0.15) is 12.1 Å². The fourth-order valence-electron chi connectivity index (χ4n) is 3.90. The van der Waals surface area contributed by atoms with Gasteiger partial charge in [-0.1, -0.05) is 0 Å². The van der Waals surface area contributed by atoms with Crippen molar-refractivity contribution in [3.63, 3.8) is 0 Å². The number of aromatic nitrogens is 4. The van der Waals surface area contributed by atoms with Gasteiger partial charge in [-0.15, -0.1) is 10.2 Å². The van der Waals surface area contributed by atoms with Crippen molar-refractivity contribution in [3.8, 4) is 17.1 Å². The first kappa shape index (κ1) is 17.0. The fourth-order valence-corrected chi connectivity index (χ4v) is 3.90. The topological polar surface area (TPSA) is 81.9 Å². The van der Waals surface area contributed by atoms with Gasteiger partial charge in [-0.05, 0) is 43.2 Å². The van der Waals surface area contributed by atoms with Crippen LogP contribution in [0.3, 0.4) is 0 Å². The monoisotopic (exact) mass is 379 g/mol. The number of benzene rings is 1. The van der Waals surface area contributed by atoms with Crippen LogP contribution < -0.4 is 5.32 Å². The molecule has 3 atom stereocenters. The van der Waals surface area contributed by atoms with Gasteiger partial charge in [-0.3, -0.25) is 9.36 Å². The Labute approximate surface area is 160 Å². The van der Waals surface area contributed by atoms with E-state index in [9.17, 15) is 9.18 Å². The highest BCUT2D eigenvalue weighted by atomic mass is 19.1. The van der Waals surface area contributed by atoms with Gasteiger partial charge in [0.05, 0.1) is 11.8 Å². The summed E-state index contributed by atoms with van der Waals surface area (Å²) in [5, 5.41) is 11.3. The highest BCUT2D eigenvalue weighted by Gasteiger charge is 2.45. The molecule has 8 heteroatoms. The van der Waals surface area contributed by atoms with Gasteiger partial charge in [0.2, 0.25) is 0 Å². The predicted octanol–water partition coefficient (Wildman–Crippen LogP) is 2.38. The molecule has 1 aliphatic carbocycles. The summed E-state index contributed by atoms with van der Waals surface area (Å²) in [5.74, 6) is 0.213. The lowest BCUT2D eigenvalue weighted by Crippen LogP contribution is -2.53. The molecule has 7 nitrogen and oxygen atoms in total. The number of halogens is 1. The van der Waals surface area contributed by atoms with Crippen molar-refractivity contribution in [1.82, 2.24) is 25.1 Å². The number of nitrogens with zero attached hydrogens (tertiary/aromatic N) is 4. The van der Waals surface area contributed by atoms with Crippen LogP contribution in [-0.2, 0) is 4.74 Å². The third-order valence-electron chi connectivity index (χ3n) is 5.46. The molecule has 1 aromatic carbocycles. The number of hydrogen-bond donors (Lipinski definition) is 1. The lowest BCUT2D eigenvalue weighted by Gasteiger charge is -2.39. The van der Waals surface area contributed by atoms with E-state index in [0.717, 1.165) is 19.4 Å². The SMILES string of the molecule is O=C(N[C@@H]1C[C@H]2OCC[C@@H]12)c1cc(F)cc(-c2ccc(-n3ccnc3)nn2)c1. The average molecular weight is 379 g/mol. The number of rotatable bonds is 4. The lowest BCUT2D eigenvalue weighted by molar-refractivity contribution is 0.00809. The molecule has 1 N–H and O–H groups in total. The maximum Gasteiger partial charge on any atom is 0.251 e. The molecule has 0 bridgehead atoms.